The molecule has 1 aromatic carbocycles. The maximum atomic E-state index is 13.2. The Bertz CT molecular complexity index is 712. The van der Waals surface area contributed by atoms with Crippen LogP contribution in [0.25, 0.3) is 5.69 Å². The van der Waals surface area contributed by atoms with E-state index < -0.39 is 0 Å². The molecular weight excluding hydrogens is 330 g/mol. The van der Waals surface area contributed by atoms with Gasteiger partial charge in [0.05, 0.1) is 12.2 Å². The van der Waals surface area contributed by atoms with E-state index in [1.54, 1.807) is 12.5 Å². The van der Waals surface area contributed by atoms with Crippen LogP contribution >= 0.6 is 0 Å². The fraction of sp³-hybridized carbons (Fsp3) is 0.450. The van der Waals surface area contributed by atoms with Crippen molar-refractivity contribution in [3.05, 3.63) is 43.0 Å². The molecule has 6 heteroatoms. The molecule has 1 aromatic heterocycles. The summed E-state index contributed by atoms with van der Waals surface area (Å²) in [4.78, 5) is 29.9. The van der Waals surface area contributed by atoms with Crippen LogP contribution in [0.1, 0.15) is 39.0 Å². The summed E-state index contributed by atoms with van der Waals surface area (Å²) in [5.74, 6) is -0.206. The Morgan fingerprint density at radius 3 is 2.73 bits per heavy atom. The van der Waals surface area contributed by atoms with Crippen molar-refractivity contribution >= 4 is 18.1 Å². The lowest BCUT2D eigenvalue weighted by Crippen LogP contribution is -2.43. The maximum absolute atomic E-state index is 13.2. The van der Waals surface area contributed by atoms with Crippen molar-refractivity contribution in [2.24, 2.45) is 5.92 Å². The molecule has 3 rings (SSSR count). The lowest BCUT2D eigenvalue weighted by molar-refractivity contribution is -0.142. The topological polar surface area (TPSA) is 64.4 Å². The van der Waals surface area contributed by atoms with Gasteiger partial charge in [-0.05, 0) is 49.9 Å². The normalized spacial score (nSPS) is 19.7. The second-order valence-corrected chi connectivity index (χ2v) is 6.64. The summed E-state index contributed by atoms with van der Waals surface area (Å²) in [5.41, 5.74) is 1.87. The molecule has 6 nitrogen and oxygen atoms in total. The molecule has 1 heterocycles. The standard InChI is InChI=1S/C20H25N3O3/c1-2-12-23(20(25)18-5-3-4-6-19(18)26-15-24)17-9-7-16(8-10-17)22-13-11-21-14-22/h7-11,13-15,18-19H,2-6,12H2,1H3. The number of aromatic nitrogens is 2. The number of hydrogen-bond acceptors (Lipinski definition) is 4. The van der Waals surface area contributed by atoms with Crippen LogP contribution in [-0.4, -0.2) is 34.6 Å². The van der Waals surface area contributed by atoms with Gasteiger partial charge in [-0.15, -0.1) is 0 Å². The van der Waals surface area contributed by atoms with Crippen LogP contribution in [0.3, 0.4) is 0 Å². The predicted octanol–water partition coefficient (Wildman–Crippen LogP) is 3.35. The van der Waals surface area contributed by atoms with Crippen molar-refractivity contribution < 1.29 is 14.3 Å². The van der Waals surface area contributed by atoms with Gasteiger partial charge in [0.2, 0.25) is 5.91 Å². The fourth-order valence-electron chi connectivity index (χ4n) is 3.62. The number of carbonyl (C=O) groups excluding carboxylic acids is 2. The third-order valence-electron chi connectivity index (χ3n) is 4.93. The third-order valence-corrected chi connectivity index (χ3v) is 4.93. The predicted molar refractivity (Wildman–Crippen MR) is 99.1 cm³/mol. The lowest BCUT2D eigenvalue weighted by atomic mass is 9.85. The Morgan fingerprint density at radius 2 is 2.08 bits per heavy atom. The molecule has 1 aliphatic carbocycles. The van der Waals surface area contributed by atoms with Crippen molar-refractivity contribution in [1.29, 1.82) is 0 Å². The first-order valence-corrected chi connectivity index (χ1v) is 9.23. The number of ether oxygens (including phenoxy) is 1. The zero-order valence-electron chi connectivity index (χ0n) is 15.1. The molecule has 1 fully saturated rings. The SMILES string of the molecule is CCCN(C(=O)C1CCCCC1OC=O)c1ccc(-n2ccnc2)cc1. The van der Waals surface area contributed by atoms with E-state index >= 15 is 0 Å². The largest absolute Gasteiger partial charge is 0.464 e. The van der Waals surface area contributed by atoms with Crippen LogP contribution in [0, 0.1) is 5.92 Å². The Kier molecular flexibility index (Phi) is 6.04. The van der Waals surface area contributed by atoms with Crippen LogP contribution < -0.4 is 4.90 Å². The highest BCUT2D eigenvalue weighted by Crippen LogP contribution is 2.30. The van der Waals surface area contributed by atoms with Gasteiger partial charge in [0.15, 0.2) is 0 Å². The first-order valence-electron chi connectivity index (χ1n) is 9.23. The fourth-order valence-corrected chi connectivity index (χ4v) is 3.62. The van der Waals surface area contributed by atoms with E-state index in [1.165, 1.54) is 0 Å². The van der Waals surface area contributed by atoms with Crippen molar-refractivity contribution in [2.75, 3.05) is 11.4 Å². The summed E-state index contributed by atoms with van der Waals surface area (Å²) < 4.78 is 7.13. The molecule has 0 aliphatic heterocycles. The Morgan fingerprint density at radius 1 is 1.31 bits per heavy atom. The van der Waals surface area contributed by atoms with Crippen LogP contribution in [-0.2, 0) is 14.3 Å². The monoisotopic (exact) mass is 355 g/mol. The number of hydrogen-bond donors (Lipinski definition) is 0. The minimum Gasteiger partial charge on any atom is -0.464 e. The van der Waals surface area contributed by atoms with E-state index in [2.05, 4.69) is 11.9 Å². The Hall–Kier alpha value is -2.63. The van der Waals surface area contributed by atoms with Gasteiger partial charge in [-0.3, -0.25) is 9.59 Å². The smallest absolute Gasteiger partial charge is 0.293 e. The van der Waals surface area contributed by atoms with Crippen LogP contribution in [0.15, 0.2) is 43.0 Å². The van der Waals surface area contributed by atoms with Crippen molar-refractivity contribution in [1.82, 2.24) is 9.55 Å². The summed E-state index contributed by atoms with van der Waals surface area (Å²) in [6, 6.07) is 7.88. The number of imidazole rings is 1. The van der Waals surface area contributed by atoms with Gasteiger partial charge < -0.3 is 14.2 Å². The number of anilines is 1. The van der Waals surface area contributed by atoms with Gasteiger partial charge in [0.25, 0.3) is 6.47 Å². The first kappa shape index (κ1) is 18.2. The summed E-state index contributed by atoms with van der Waals surface area (Å²) in [5, 5.41) is 0. The van der Waals surface area contributed by atoms with E-state index in [0.29, 0.717) is 13.0 Å². The number of amides is 1. The molecule has 0 radical (unpaired) electrons. The minimum atomic E-state index is -0.307. The van der Waals surface area contributed by atoms with Gasteiger partial charge in [-0.2, -0.15) is 0 Å². The summed E-state index contributed by atoms with van der Waals surface area (Å²) >= 11 is 0. The second kappa shape index (κ2) is 8.65. The molecule has 26 heavy (non-hydrogen) atoms. The summed E-state index contributed by atoms with van der Waals surface area (Å²) in [7, 11) is 0. The summed E-state index contributed by atoms with van der Waals surface area (Å²) in [6.07, 6.45) is 9.43. The van der Waals surface area contributed by atoms with Crippen molar-refractivity contribution in [3.8, 4) is 5.69 Å². The first-order chi connectivity index (χ1) is 12.7. The van der Waals surface area contributed by atoms with Gasteiger partial charge in [-0.25, -0.2) is 4.98 Å². The maximum Gasteiger partial charge on any atom is 0.293 e. The molecule has 0 N–H and O–H groups in total. The van der Waals surface area contributed by atoms with Crippen LogP contribution in [0.2, 0.25) is 0 Å². The van der Waals surface area contributed by atoms with Crippen molar-refractivity contribution in [3.63, 3.8) is 0 Å². The van der Waals surface area contributed by atoms with Gasteiger partial charge in [0, 0.05) is 30.3 Å². The molecule has 0 saturated heterocycles. The van der Waals surface area contributed by atoms with Crippen LogP contribution in [0.4, 0.5) is 5.69 Å². The average Bonchev–Trinajstić information content (AvgIpc) is 3.21. The molecule has 2 aromatic rings. The third kappa shape index (κ3) is 3.95. The van der Waals surface area contributed by atoms with Crippen molar-refractivity contribution in [2.45, 2.75) is 45.1 Å². The van der Waals surface area contributed by atoms with Gasteiger partial charge in [-0.1, -0.05) is 13.3 Å². The Balaban J connectivity index is 1.81. The molecule has 1 saturated carbocycles. The highest BCUT2D eigenvalue weighted by atomic mass is 16.5. The number of nitrogens with zero attached hydrogens (tertiary/aromatic N) is 3. The zero-order valence-corrected chi connectivity index (χ0v) is 15.1. The average molecular weight is 355 g/mol. The highest BCUT2D eigenvalue weighted by Gasteiger charge is 2.35. The molecule has 138 valence electrons. The number of carbonyl (C=O) groups is 2. The van der Waals surface area contributed by atoms with E-state index in [1.807, 2.05) is 39.9 Å². The molecule has 0 spiro atoms. The van der Waals surface area contributed by atoms with E-state index in [4.69, 9.17) is 4.74 Å². The molecule has 2 atom stereocenters. The zero-order chi connectivity index (χ0) is 18.4. The highest BCUT2D eigenvalue weighted by molar-refractivity contribution is 5.95. The van der Waals surface area contributed by atoms with Gasteiger partial charge in [0.1, 0.15) is 6.10 Å². The number of rotatable bonds is 7. The molecule has 0 bridgehead atoms. The van der Waals surface area contributed by atoms with E-state index in [0.717, 1.165) is 43.5 Å². The molecular formula is C20H25N3O3. The quantitative estimate of drug-likeness (QED) is 0.715. The molecule has 2 unspecified atom stereocenters. The second-order valence-electron chi connectivity index (χ2n) is 6.64. The summed E-state index contributed by atoms with van der Waals surface area (Å²) in [6.45, 7) is 3.17. The van der Waals surface area contributed by atoms with Crippen LogP contribution in [0.5, 0.6) is 0 Å². The molecule has 1 aliphatic rings. The Labute approximate surface area is 153 Å². The lowest BCUT2D eigenvalue weighted by Gasteiger charge is -2.33. The van der Waals surface area contributed by atoms with E-state index in [-0.39, 0.29) is 17.9 Å². The minimum absolute atomic E-state index is 0.0498. The number of benzene rings is 1. The van der Waals surface area contributed by atoms with Gasteiger partial charge >= 0.3 is 0 Å². The van der Waals surface area contributed by atoms with E-state index in [9.17, 15) is 9.59 Å². The molecule has 1 amide bonds.